The second kappa shape index (κ2) is 9.29. The molecule has 1 amide bonds. The molecule has 0 aliphatic rings. The number of carbonyl (C=O) groups is 1. The van der Waals surface area contributed by atoms with Gasteiger partial charge in [0.05, 0.1) is 24.1 Å². The molecular formula is C20H20ClN5O3S2. The summed E-state index contributed by atoms with van der Waals surface area (Å²) in [4.78, 5) is 25.4. The van der Waals surface area contributed by atoms with E-state index in [1.807, 2.05) is 15.8 Å². The maximum atomic E-state index is 12.9. The molecule has 162 valence electrons. The van der Waals surface area contributed by atoms with Crippen molar-refractivity contribution in [2.75, 3.05) is 18.2 Å². The van der Waals surface area contributed by atoms with Gasteiger partial charge in [-0.1, -0.05) is 36.7 Å². The summed E-state index contributed by atoms with van der Waals surface area (Å²) in [5.74, 6) is 0.887. The highest BCUT2D eigenvalue weighted by atomic mass is 35.5. The maximum absolute atomic E-state index is 12.9. The molecule has 0 bridgehead atoms. The molecule has 0 atom stereocenters. The average Bonchev–Trinajstić information content (AvgIpc) is 3.39. The summed E-state index contributed by atoms with van der Waals surface area (Å²) in [6.07, 6.45) is 1.83. The topological polar surface area (TPSA) is 90.5 Å². The van der Waals surface area contributed by atoms with E-state index in [2.05, 4.69) is 22.4 Å². The van der Waals surface area contributed by atoms with Gasteiger partial charge in [0.2, 0.25) is 11.7 Å². The second-order valence-corrected chi connectivity index (χ2v) is 9.04. The predicted octanol–water partition coefficient (Wildman–Crippen LogP) is 4.30. The van der Waals surface area contributed by atoms with Crippen LogP contribution in [-0.4, -0.2) is 37.9 Å². The molecule has 1 aromatic carbocycles. The zero-order chi connectivity index (χ0) is 22.0. The van der Waals surface area contributed by atoms with Gasteiger partial charge in [-0.25, -0.2) is 0 Å². The molecule has 4 aromatic rings. The van der Waals surface area contributed by atoms with Crippen LogP contribution in [0.3, 0.4) is 0 Å². The summed E-state index contributed by atoms with van der Waals surface area (Å²) in [6, 6.07) is 6.90. The third kappa shape index (κ3) is 4.28. The van der Waals surface area contributed by atoms with Crippen LogP contribution >= 0.6 is 34.7 Å². The highest BCUT2D eigenvalue weighted by Crippen LogP contribution is 2.29. The van der Waals surface area contributed by atoms with Crippen molar-refractivity contribution in [3.05, 3.63) is 45.0 Å². The molecule has 0 spiro atoms. The number of ether oxygens (including phenoxy) is 1. The molecule has 11 heteroatoms. The number of halogens is 1. The van der Waals surface area contributed by atoms with Crippen LogP contribution in [0.4, 0.5) is 5.69 Å². The monoisotopic (exact) mass is 477 g/mol. The number of hydrogen-bond acceptors (Lipinski definition) is 7. The largest absolute Gasteiger partial charge is 0.495 e. The van der Waals surface area contributed by atoms with Gasteiger partial charge in [-0.05, 0) is 36.1 Å². The number of aromatic nitrogens is 4. The van der Waals surface area contributed by atoms with Crippen LogP contribution in [0.15, 0.2) is 39.6 Å². The zero-order valence-corrected chi connectivity index (χ0v) is 19.3. The van der Waals surface area contributed by atoms with E-state index in [4.69, 9.17) is 16.3 Å². The Balaban J connectivity index is 1.61. The molecule has 0 aliphatic heterocycles. The fourth-order valence-electron chi connectivity index (χ4n) is 3.21. The predicted molar refractivity (Wildman–Crippen MR) is 125 cm³/mol. The van der Waals surface area contributed by atoms with Crippen molar-refractivity contribution in [1.29, 1.82) is 0 Å². The van der Waals surface area contributed by atoms with Crippen LogP contribution in [0.5, 0.6) is 5.75 Å². The molecule has 0 aliphatic carbocycles. The van der Waals surface area contributed by atoms with E-state index in [9.17, 15) is 9.59 Å². The SMILES string of the molecule is CCCCn1c(=O)c2sccc2n2c(SCC(=O)Nc3cc(Cl)ccc3OC)nnc12. The maximum Gasteiger partial charge on any atom is 0.272 e. The van der Waals surface area contributed by atoms with Gasteiger partial charge in [0.15, 0.2) is 5.16 Å². The Hall–Kier alpha value is -2.56. The lowest BCUT2D eigenvalue weighted by atomic mass is 10.3. The first-order valence-corrected chi connectivity index (χ1v) is 11.9. The lowest BCUT2D eigenvalue weighted by Gasteiger charge is -2.10. The first-order valence-electron chi connectivity index (χ1n) is 9.64. The van der Waals surface area contributed by atoms with Gasteiger partial charge >= 0.3 is 0 Å². The lowest BCUT2D eigenvalue weighted by Crippen LogP contribution is -2.22. The molecule has 0 radical (unpaired) electrons. The normalized spacial score (nSPS) is 11.3. The molecule has 0 saturated heterocycles. The van der Waals surface area contributed by atoms with Gasteiger partial charge in [-0.15, -0.1) is 21.5 Å². The van der Waals surface area contributed by atoms with Crippen LogP contribution in [0.25, 0.3) is 16.0 Å². The third-order valence-corrected chi connectivity index (χ3v) is 6.74. The minimum absolute atomic E-state index is 0.0549. The van der Waals surface area contributed by atoms with Gasteiger partial charge in [-0.2, -0.15) is 0 Å². The van der Waals surface area contributed by atoms with Crippen molar-refractivity contribution in [3.8, 4) is 5.75 Å². The highest BCUT2D eigenvalue weighted by molar-refractivity contribution is 7.99. The van der Waals surface area contributed by atoms with E-state index in [1.165, 1.54) is 30.2 Å². The molecule has 8 nitrogen and oxygen atoms in total. The second-order valence-electron chi connectivity index (χ2n) is 6.74. The number of nitrogens with zero attached hydrogens (tertiary/aromatic N) is 4. The van der Waals surface area contributed by atoms with E-state index in [0.717, 1.165) is 18.4 Å². The van der Waals surface area contributed by atoms with Crippen LogP contribution in [0.2, 0.25) is 5.02 Å². The Morgan fingerprint density at radius 1 is 1.32 bits per heavy atom. The van der Waals surface area contributed by atoms with Crippen molar-refractivity contribution in [3.63, 3.8) is 0 Å². The molecule has 3 aromatic heterocycles. The molecule has 4 rings (SSSR count). The van der Waals surface area contributed by atoms with Gasteiger partial charge in [-0.3, -0.25) is 18.6 Å². The summed E-state index contributed by atoms with van der Waals surface area (Å²) in [5, 5.41) is 14.3. The molecule has 3 heterocycles. The average molecular weight is 478 g/mol. The van der Waals surface area contributed by atoms with Gasteiger partial charge in [0.25, 0.3) is 5.56 Å². The first kappa shape index (κ1) is 21.7. The number of nitrogens with one attached hydrogen (secondary N) is 1. The first-order chi connectivity index (χ1) is 15.0. The fourth-order valence-corrected chi connectivity index (χ4v) is 4.94. The van der Waals surface area contributed by atoms with Crippen LogP contribution < -0.4 is 15.6 Å². The van der Waals surface area contributed by atoms with E-state index in [0.29, 0.717) is 38.6 Å². The number of anilines is 1. The summed E-state index contributed by atoms with van der Waals surface area (Å²) >= 11 is 8.68. The molecular weight excluding hydrogens is 458 g/mol. The minimum Gasteiger partial charge on any atom is -0.495 e. The Morgan fingerprint density at radius 3 is 2.94 bits per heavy atom. The van der Waals surface area contributed by atoms with Crippen LogP contribution in [0.1, 0.15) is 19.8 Å². The van der Waals surface area contributed by atoms with Gasteiger partial charge < -0.3 is 10.1 Å². The number of amides is 1. The van der Waals surface area contributed by atoms with Crippen LogP contribution in [0, 0.1) is 0 Å². The number of benzene rings is 1. The standard InChI is InChI=1S/C20H20ClN5O3S2/c1-3-4-8-25-18(28)17-14(7-9-30-17)26-19(25)23-24-20(26)31-11-16(27)22-13-10-12(21)5-6-15(13)29-2/h5-7,9-10H,3-4,8,11H2,1-2H3,(H,22,27). The quantitative estimate of drug-likeness (QED) is 0.380. The smallest absolute Gasteiger partial charge is 0.272 e. The number of unbranched alkanes of at least 4 members (excludes halogenated alkanes) is 1. The molecule has 0 unspecified atom stereocenters. The molecule has 1 N–H and O–H groups in total. The number of fused-ring (bicyclic) bond motifs is 3. The van der Waals surface area contributed by atoms with Crippen LogP contribution in [-0.2, 0) is 11.3 Å². The number of thiophene rings is 1. The molecule has 0 saturated carbocycles. The Kier molecular flexibility index (Phi) is 6.49. The zero-order valence-electron chi connectivity index (χ0n) is 16.9. The van der Waals surface area contributed by atoms with Crippen molar-refractivity contribution in [2.24, 2.45) is 0 Å². The van der Waals surface area contributed by atoms with Gasteiger partial charge in [0, 0.05) is 11.6 Å². The van der Waals surface area contributed by atoms with Crippen molar-refractivity contribution < 1.29 is 9.53 Å². The minimum atomic E-state index is -0.233. The highest BCUT2D eigenvalue weighted by Gasteiger charge is 2.18. The molecule has 31 heavy (non-hydrogen) atoms. The van der Waals surface area contributed by atoms with Crippen molar-refractivity contribution in [2.45, 2.75) is 31.5 Å². The molecule has 0 fully saturated rings. The van der Waals surface area contributed by atoms with E-state index in [1.54, 1.807) is 22.8 Å². The third-order valence-electron chi connectivity index (χ3n) is 4.69. The number of aryl methyl sites for hydroxylation is 1. The lowest BCUT2D eigenvalue weighted by molar-refractivity contribution is -0.113. The Bertz CT molecular complexity index is 1310. The number of rotatable bonds is 8. The Labute approximate surface area is 191 Å². The number of methoxy groups -OCH3 is 1. The Morgan fingerprint density at radius 2 is 2.16 bits per heavy atom. The summed E-state index contributed by atoms with van der Waals surface area (Å²) < 4.78 is 9.43. The van der Waals surface area contributed by atoms with E-state index in [-0.39, 0.29) is 17.2 Å². The summed E-state index contributed by atoms with van der Waals surface area (Å²) in [7, 11) is 1.53. The summed E-state index contributed by atoms with van der Waals surface area (Å²) in [6.45, 7) is 2.65. The van der Waals surface area contributed by atoms with Crippen molar-refractivity contribution in [1.82, 2.24) is 19.2 Å². The summed E-state index contributed by atoms with van der Waals surface area (Å²) in [5.41, 5.74) is 1.20. The number of thioether (sulfide) groups is 1. The number of hydrogen-bond donors (Lipinski definition) is 1. The van der Waals surface area contributed by atoms with Gasteiger partial charge in [0.1, 0.15) is 10.4 Å². The van der Waals surface area contributed by atoms with E-state index >= 15 is 0 Å². The fraction of sp³-hybridized carbons (Fsp3) is 0.300. The van der Waals surface area contributed by atoms with Crippen molar-refractivity contribution >= 4 is 62.3 Å². The van der Waals surface area contributed by atoms with E-state index < -0.39 is 0 Å². The number of carbonyl (C=O) groups excluding carboxylic acids is 1.